The molecule has 1 aromatic rings. The molecule has 1 aliphatic heterocycles. The summed E-state index contributed by atoms with van der Waals surface area (Å²) in [5, 5.41) is 3.16. The zero-order valence-electron chi connectivity index (χ0n) is 9.77. The highest BCUT2D eigenvalue weighted by molar-refractivity contribution is 7.89. The van der Waals surface area contributed by atoms with E-state index in [1.807, 2.05) is 0 Å². The summed E-state index contributed by atoms with van der Waals surface area (Å²) in [6.07, 6.45) is 3.53. The number of nitrogens with one attached hydrogen (secondary N) is 2. The Hall–Kier alpha value is -0.920. The van der Waals surface area contributed by atoms with Gasteiger partial charge in [-0.25, -0.2) is 18.1 Å². The molecule has 1 aromatic heterocycles. The van der Waals surface area contributed by atoms with Crippen LogP contribution in [0.1, 0.15) is 24.5 Å². The molecule has 17 heavy (non-hydrogen) atoms. The van der Waals surface area contributed by atoms with Gasteiger partial charge in [0.2, 0.25) is 15.9 Å². The van der Waals surface area contributed by atoms with Crippen LogP contribution < -0.4 is 10.0 Å². The predicted molar refractivity (Wildman–Crippen MR) is 62.9 cm³/mol. The molecule has 0 amide bonds. The van der Waals surface area contributed by atoms with E-state index in [0.717, 1.165) is 19.4 Å². The van der Waals surface area contributed by atoms with Crippen molar-refractivity contribution in [3.63, 3.8) is 0 Å². The van der Waals surface area contributed by atoms with Gasteiger partial charge in [0.05, 0.1) is 18.5 Å². The van der Waals surface area contributed by atoms with Gasteiger partial charge in [0, 0.05) is 6.04 Å². The van der Waals surface area contributed by atoms with Gasteiger partial charge in [0.1, 0.15) is 5.76 Å². The molecule has 1 saturated heterocycles. The second kappa shape index (κ2) is 5.16. The lowest BCUT2D eigenvalue weighted by Gasteiger charge is -2.10. The Morgan fingerprint density at radius 2 is 2.47 bits per heavy atom. The summed E-state index contributed by atoms with van der Waals surface area (Å²) in [7, 11) is -3.27. The highest BCUT2D eigenvalue weighted by Crippen LogP contribution is 2.07. The van der Waals surface area contributed by atoms with Crippen molar-refractivity contribution in [2.24, 2.45) is 0 Å². The van der Waals surface area contributed by atoms with Crippen LogP contribution in [-0.2, 0) is 16.6 Å². The summed E-state index contributed by atoms with van der Waals surface area (Å²) < 4.78 is 31.2. The van der Waals surface area contributed by atoms with Gasteiger partial charge < -0.3 is 9.73 Å². The normalized spacial score (nSPS) is 20.9. The maximum absolute atomic E-state index is 11.7. The summed E-state index contributed by atoms with van der Waals surface area (Å²) in [6, 6.07) is 0.0683. The number of sulfonamides is 1. The summed E-state index contributed by atoms with van der Waals surface area (Å²) in [4.78, 5) is 3.94. The Balaban J connectivity index is 1.84. The first-order valence-corrected chi connectivity index (χ1v) is 7.32. The Labute approximate surface area is 101 Å². The monoisotopic (exact) mass is 259 g/mol. The number of nitrogens with zero attached hydrogens (tertiary/aromatic N) is 1. The van der Waals surface area contributed by atoms with Gasteiger partial charge in [-0.3, -0.25) is 0 Å². The summed E-state index contributed by atoms with van der Waals surface area (Å²) >= 11 is 0. The minimum absolute atomic E-state index is 0.0683. The van der Waals surface area contributed by atoms with E-state index >= 15 is 0 Å². The van der Waals surface area contributed by atoms with Gasteiger partial charge >= 0.3 is 0 Å². The van der Waals surface area contributed by atoms with Gasteiger partial charge in [-0.2, -0.15) is 0 Å². The van der Waals surface area contributed by atoms with E-state index in [1.165, 1.54) is 0 Å². The summed E-state index contributed by atoms with van der Waals surface area (Å²) in [5.74, 6) is 1.19. The first-order valence-electron chi connectivity index (χ1n) is 5.67. The Morgan fingerprint density at radius 1 is 1.65 bits per heavy atom. The van der Waals surface area contributed by atoms with Gasteiger partial charge in [-0.1, -0.05) is 0 Å². The van der Waals surface area contributed by atoms with Crippen molar-refractivity contribution in [1.29, 1.82) is 0 Å². The molecular weight excluding hydrogens is 242 g/mol. The van der Waals surface area contributed by atoms with Crippen molar-refractivity contribution in [1.82, 2.24) is 15.0 Å². The van der Waals surface area contributed by atoms with E-state index in [2.05, 4.69) is 15.0 Å². The number of aromatic nitrogens is 1. The molecule has 7 heteroatoms. The lowest BCUT2D eigenvalue weighted by molar-refractivity contribution is 0.462. The average molecular weight is 259 g/mol. The molecule has 1 fully saturated rings. The average Bonchev–Trinajstić information content (AvgIpc) is 2.86. The van der Waals surface area contributed by atoms with Crippen molar-refractivity contribution in [2.75, 3.05) is 12.3 Å². The van der Waals surface area contributed by atoms with Crippen LogP contribution in [0.2, 0.25) is 0 Å². The van der Waals surface area contributed by atoms with Crippen molar-refractivity contribution < 1.29 is 12.8 Å². The summed E-state index contributed by atoms with van der Waals surface area (Å²) in [6.45, 7) is 2.79. The molecule has 0 radical (unpaired) electrons. The molecule has 2 rings (SSSR count). The standard InChI is InChI=1S/C10H17N3O3S/c1-8-5-12-10(16-8)6-13-17(14,15)7-9-3-2-4-11-9/h5,9,11,13H,2-4,6-7H2,1H3. The second-order valence-corrected chi connectivity index (χ2v) is 6.11. The molecule has 0 spiro atoms. The van der Waals surface area contributed by atoms with Gasteiger partial charge in [0.25, 0.3) is 0 Å². The third-order valence-corrected chi connectivity index (χ3v) is 4.12. The van der Waals surface area contributed by atoms with E-state index in [0.29, 0.717) is 11.7 Å². The number of aryl methyl sites for hydroxylation is 1. The number of hydrogen-bond acceptors (Lipinski definition) is 5. The predicted octanol–water partition coefficient (Wildman–Crippen LogP) is 0.154. The smallest absolute Gasteiger partial charge is 0.213 e. The molecule has 0 saturated carbocycles. The third-order valence-electron chi connectivity index (χ3n) is 2.70. The molecule has 1 aliphatic rings. The van der Waals surface area contributed by atoms with Crippen LogP contribution in [0.25, 0.3) is 0 Å². The van der Waals surface area contributed by atoms with Crippen LogP contribution >= 0.6 is 0 Å². The maximum Gasteiger partial charge on any atom is 0.213 e. The van der Waals surface area contributed by atoms with Crippen molar-refractivity contribution in [3.8, 4) is 0 Å². The highest BCUT2D eigenvalue weighted by atomic mass is 32.2. The van der Waals surface area contributed by atoms with E-state index in [9.17, 15) is 8.42 Å². The molecule has 6 nitrogen and oxygen atoms in total. The van der Waals surface area contributed by atoms with Crippen molar-refractivity contribution >= 4 is 10.0 Å². The molecule has 1 atom stereocenters. The number of oxazole rings is 1. The van der Waals surface area contributed by atoms with E-state index < -0.39 is 10.0 Å². The molecule has 0 aromatic carbocycles. The van der Waals surface area contributed by atoms with Gasteiger partial charge in [0.15, 0.2) is 0 Å². The minimum Gasteiger partial charge on any atom is -0.445 e. The highest BCUT2D eigenvalue weighted by Gasteiger charge is 2.22. The van der Waals surface area contributed by atoms with Crippen LogP contribution in [0.5, 0.6) is 0 Å². The zero-order valence-corrected chi connectivity index (χ0v) is 10.6. The van der Waals surface area contributed by atoms with E-state index in [4.69, 9.17) is 4.42 Å². The van der Waals surface area contributed by atoms with Crippen LogP contribution in [0.4, 0.5) is 0 Å². The lowest BCUT2D eigenvalue weighted by atomic mass is 10.3. The lowest BCUT2D eigenvalue weighted by Crippen LogP contribution is -2.36. The van der Waals surface area contributed by atoms with Gasteiger partial charge in [-0.15, -0.1) is 0 Å². The zero-order chi connectivity index (χ0) is 12.3. The fraction of sp³-hybridized carbons (Fsp3) is 0.700. The number of rotatable bonds is 5. The van der Waals surface area contributed by atoms with Crippen molar-refractivity contribution in [3.05, 3.63) is 17.8 Å². The summed E-state index contributed by atoms with van der Waals surface area (Å²) in [5.41, 5.74) is 0. The number of hydrogen-bond donors (Lipinski definition) is 2. The first-order chi connectivity index (χ1) is 8.05. The van der Waals surface area contributed by atoms with Gasteiger partial charge in [-0.05, 0) is 26.3 Å². The Morgan fingerprint density at radius 3 is 3.06 bits per heavy atom. The largest absolute Gasteiger partial charge is 0.445 e. The fourth-order valence-electron chi connectivity index (χ4n) is 1.88. The molecular formula is C10H17N3O3S. The fourth-order valence-corrected chi connectivity index (χ4v) is 3.15. The van der Waals surface area contributed by atoms with E-state index in [1.54, 1.807) is 13.1 Å². The van der Waals surface area contributed by atoms with Crippen LogP contribution in [0.15, 0.2) is 10.6 Å². The Kier molecular flexibility index (Phi) is 3.80. The Bertz CT molecular complexity index is 463. The van der Waals surface area contributed by atoms with Crippen LogP contribution in [0.3, 0.4) is 0 Å². The van der Waals surface area contributed by atoms with Crippen molar-refractivity contribution in [2.45, 2.75) is 32.4 Å². The molecule has 2 heterocycles. The molecule has 0 bridgehead atoms. The molecule has 1 unspecified atom stereocenters. The van der Waals surface area contributed by atoms with E-state index in [-0.39, 0.29) is 18.3 Å². The second-order valence-electron chi connectivity index (χ2n) is 4.26. The minimum atomic E-state index is -3.27. The maximum atomic E-state index is 11.7. The molecule has 0 aliphatic carbocycles. The van der Waals surface area contributed by atoms with Crippen LogP contribution in [-0.4, -0.2) is 31.7 Å². The molecule has 96 valence electrons. The quantitative estimate of drug-likeness (QED) is 0.786. The topological polar surface area (TPSA) is 84.2 Å². The molecule has 2 N–H and O–H groups in total. The first kappa shape index (κ1) is 12.5. The van der Waals surface area contributed by atoms with Crippen LogP contribution in [0, 0.1) is 6.92 Å². The third kappa shape index (κ3) is 3.79. The SMILES string of the molecule is Cc1cnc(CNS(=O)(=O)CC2CCCN2)o1.